The van der Waals surface area contributed by atoms with E-state index in [4.69, 9.17) is 0 Å². The van der Waals surface area contributed by atoms with Crippen LogP contribution >= 0.6 is 11.3 Å². The van der Waals surface area contributed by atoms with E-state index in [0.29, 0.717) is 5.75 Å². The van der Waals surface area contributed by atoms with Crippen molar-refractivity contribution in [3.05, 3.63) is 64.9 Å². The zero-order chi connectivity index (χ0) is 15.4. The third kappa shape index (κ3) is 3.49. The van der Waals surface area contributed by atoms with Gasteiger partial charge in [0.2, 0.25) is 0 Å². The average Bonchev–Trinajstić information content (AvgIpc) is 3.10. The van der Waals surface area contributed by atoms with Crippen LogP contribution in [0, 0.1) is 5.92 Å². The van der Waals surface area contributed by atoms with E-state index < -0.39 is 0 Å². The van der Waals surface area contributed by atoms with E-state index in [0.717, 1.165) is 22.6 Å². The summed E-state index contributed by atoms with van der Waals surface area (Å²) in [5.41, 5.74) is 0. The highest BCUT2D eigenvalue weighted by Crippen LogP contribution is 2.48. The second-order valence-corrected chi connectivity index (χ2v) is 6.65. The van der Waals surface area contributed by atoms with Crippen molar-refractivity contribution in [1.82, 2.24) is 5.32 Å². The van der Waals surface area contributed by atoms with Crippen molar-refractivity contribution in [2.45, 2.75) is 12.3 Å². The van der Waals surface area contributed by atoms with Crippen molar-refractivity contribution in [2.75, 3.05) is 13.6 Å². The molecule has 0 radical (unpaired) electrons. The Morgan fingerprint density at radius 2 is 1.91 bits per heavy atom. The molecule has 2 N–H and O–H groups in total. The van der Waals surface area contributed by atoms with Crippen LogP contribution < -0.4 is 5.32 Å². The van der Waals surface area contributed by atoms with Crippen LogP contribution in [0.3, 0.4) is 0 Å². The number of phenols is 1. The summed E-state index contributed by atoms with van der Waals surface area (Å²) in [7, 11) is 2.03. The maximum atomic E-state index is 9.37. The Morgan fingerprint density at radius 3 is 2.64 bits per heavy atom. The van der Waals surface area contributed by atoms with Crippen molar-refractivity contribution < 1.29 is 5.11 Å². The second-order valence-electron chi connectivity index (χ2n) is 5.67. The van der Waals surface area contributed by atoms with Gasteiger partial charge in [0.25, 0.3) is 0 Å². The van der Waals surface area contributed by atoms with Gasteiger partial charge >= 0.3 is 0 Å². The lowest BCUT2D eigenvalue weighted by Crippen LogP contribution is -2.09. The largest absolute Gasteiger partial charge is 0.507 e. The number of fused-ring (bicyclic) bond motifs is 1. The van der Waals surface area contributed by atoms with Gasteiger partial charge < -0.3 is 10.4 Å². The minimum Gasteiger partial charge on any atom is -0.507 e. The van der Waals surface area contributed by atoms with Crippen molar-refractivity contribution in [3.63, 3.8) is 0 Å². The van der Waals surface area contributed by atoms with E-state index in [-0.39, 0.29) is 0 Å². The van der Waals surface area contributed by atoms with Crippen molar-refractivity contribution in [3.8, 4) is 5.75 Å². The molecule has 2 atom stereocenters. The van der Waals surface area contributed by atoms with Gasteiger partial charge in [-0.05, 0) is 54.7 Å². The Bertz CT molecular complexity index is 718. The topological polar surface area (TPSA) is 32.3 Å². The smallest absolute Gasteiger partial charge is 0.123 e. The van der Waals surface area contributed by atoms with Crippen LogP contribution in [0.2, 0.25) is 0 Å². The minimum absolute atomic E-state index is 0.350. The predicted octanol–water partition coefficient (Wildman–Crippen LogP) is 4.62. The number of hydrogen-bond donors (Lipinski definition) is 2. The van der Waals surface area contributed by atoms with Crippen molar-refractivity contribution in [1.29, 1.82) is 0 Å². The summed E-state index contributed by atoms with van der Waals surface area (Å²) in [6.45, 7) is 1.18. The Hall–Kier alpha value is -1.84. The fourth-order valence-corrected chi connectivity index (χ4v) is 3.73. The lowest BCUT2D eigenvalue weighted by Gasteiger charge is -1.97. The first-order chi connectivity index (χ1) is 10.8. The highest BCUT2D eigenvalue weighted by atomic mass is 32.1. The van der Waals surface area contributed by atoms with Gasteiger partial charge in [0.1, 0.15) is 5.75 Å². The molecular formula is C19H21NOS. The van der Waals surface area contributed by atoms with Gasteiger partial charge in [0.15, 0.2) is 0 Å². The van der Waals surface area contributed by atoms with Gasteiger partial charge in [-0.1, -0.05) is 42.5 Å². The summed E-state index contributed by atoms with van der Waals surface area (Å²) < 4.78 is 0. The quantitative estimate of drug-likeness (QED) is 0.740. The zero-order valence-corrected chi connectivity index (χ0v) is 13.5. The number of thiophene rings is 1. The van der Waals surface area contributed by atoms with Gasteiger partial charge in [-0.15, -0.1) is 11.3 Å². The minimum atomic E-state index is 0.350. The molecule has 0 spiro atoms. The van der Waals surface area contributed by atoms with E-state index in [2.05, 4.69) is 22.8 Å². The summed E-state index contributed by atoms with van der Waals surface area (Å²) >= 11 is 1.90. The van der Waals surface area contributed by atoms with Gasteiger partial charge in [0.05, 0.1) is 0 Å². The predicted molar refractivity (Wildman–Crippen MR) is 94.7 cm³/mol. The number of rotatable bonds is 3. The lowest BCUT2D eigenvalue weighted by atomic mass is 10.1. The SMILES string of the molecule is CNC[C@H]1C[C@H]1c1cccs1.Oc1cccc2ccccc12. The molecule has 22 heavy (non-hydrogen) atoms. The Kier molecular flexibility index (Phi) is 4.76. The van der Waals surface area contributed by atoms with Crippen LogP contribution in [0.5, 0.6) is 5.75 Å². The van der Waals surface area contributed by atoms with Gasteiger partial charge in [0, 0.05) is 10.3 Å². The van der Waals surface area contributed by atoms with E-state index in [1.807, 2.05) is 54.8 Å². The highest BCUT2D eigenvalue weighted by molar-refractivity contribution is 7.10. The Balaban J connectivity index is 0.000000131. The molecule has 1 aromatic heterocycles. The number of benzene rings is 2. The fraction of sp³-hybridized carbons (Fsp3) is 0.263. The molecule has 0 aliphatic heterocycles. The Morgan fingerprint density at radius 1 is 1.09 bits per heavy atom. The summed E-state index contributed by atoms with van der Waals surface area (Å²) in [5.74, 6) is 2.14. The molecule has 2 nitrogen and oxygen atoms in total. The molecule has 4 rings (SSSR count). The number of phenolic OH excluding ortho intramolecular Hbond substituents is 1. The molecule has 2 aromatic carbocycles. The number of aromatic hydroxyl groups is 1. The first-order valence-corrected chi connectivity index (χ1v) is 8.52. The van der Waals surface area contributed by atoms with E-state index >= 15 is 0 Å². The third-order valence-corrected chi connectivity index (χ3v) is 5.07. The summed E-state index contributed by atoms with van der Waals surface area (Å²) in [4.78, 5) is 1.57. The van der Waals surface area contributed by atoms with Crippen LogP contribution in [0.4, 0.5) is 0 Å². The maximum absolute atomic E-state index is 9.37. The summed E-state index contributed by atoms with van der Waals surface area (Å²) in [6, 6.07) is 17.7. The summed E-state index contributed by atoms with van der Waals surface area (Å²) in [5, 5.41) is 16.8. The third-order valence-electron chi connectivity index (χ3n) is 4.06. The Labute approximate surface area is 135 Å². The lowest BCUT2D eigenvalue weighted by molar-refractivity contribution is 0.481. The molecule has 0 bridgehead atoms. The zero-order valence-electron chi connectivity index (χ0n) is 12.7. The van der Waals surface area contributed by atoms with Gasteiger partial charge in [-0.2, -0.15) is 0 Å². The highest BCUT2D eigenvalue weighted by Gasteiger charge is 2.37. The number of nitrogens with one attached hydrogen (secondary N) is 1. The molecule has 3 aromatic rings. The standard InChI is InChI=1S/C10H8O.C9H13NS/c11-10-7-3-5-8-4-1-2-6-9(8)10;1-10-6-7-5-8(7)9-3-2-4-11-9/h1-7,11H;2-4,7-8,10H,5-6H2,1H3/t;7-,8-/m.1/s1. The number of hydrogen-bond acceptors (Lipinski definition) is 3. The molecule has 1 fully saturated rings. The van der Waals surface area contributed by atoms with Crippen LogP contribution in [-0.2, 0) is 0 Å². The van der Waals surface area contributed by atoms with E-state index in [1.54, 1.807) is 10.9 Å². The molecule has 0 unspecified atom stereocenters. The average molecular weight is 311 g/mol. The first kappa shape index (κ1) is 15.1. The maximum Gasteiger partial charge on any atom is 0.123 e. The molecule has 3 heteroatoms. The summed E-state index contributed by atoms with van der Waals surface area (Å²) in [6.07, 6.45) is 1.39. The molecule has 1 aliphatic rings. The van der Waals surface area contributed by atoms with E-state index in [9.17, 15) is 5.11 Å². The molecule has 114 valence electrons. The van der Waals surface area contributed by atoms with Crippen LogP contribution in [0.25, 0.3) is 10.8 Å². The molecule has 1 heterocycles. The molecule has 0 amide bonds. The van der Waals surface area contributed by atoms with Crippen LogP contribution in [0.15, 0.2) is 60.0 Å². The fourth-order valence-electron chi connectivity index (χ4n) is 2.79. The van der Waals surface area contributed by atoms with Crippen LogP contribution in [0.1, 0.15) is 17.2 Å². The van der Waals surface area contributed by atoms with Crippen molar-refractivity contribution in [2.24, 2.45) is 5.92 Å². The second kappa shape index (κ2) is 6.95. The molecule has 1 aliphatic carbocycles. The first-order valence-electron chi connectivity index (χ1n) is 7.64. The molecule has 0 saturated heterocycles. The van der Waals surface area contributed by atoms with Crippen molar-refractivity contribution >= 4 is 22.1 Å². The van der Waals surface area contributed by atoms with E-state index in [1.165, 1.54) is 13.0 Å². The molecular weight excluding hydrogens is 290 g/mol. The van der Waals surface area contributed by atoms with Gasteiger partial charge in [-0.25, -0.2) is 0 Å². The monoisotopic (exact) mass is 311 g/mol. The molecule has 1 saturated carbocycles. The van der Waals surface area contributed by atoms with Crippen LogP contribution in [-0.4, -0.2) is 18.7 Å². The normalized spacial score (nSPS) is 19.5. The van der Waals surface area contributed by atoms with Gasteiger partial charge in [-0.3, -0.25) is 0 Å².